The largest absolute Gasteiger partial charge is 0.357 e. The van der Waals surface area contributed by atoms with Crippen molar-refractivity contribution in [2.45, 2.75) is 43.6 Å². The lowest BCUT2D eigenvalue weighted by Gasteiger charge is -2.38. The number of amides is 1. The van der Waals surface area contributed by atoms with Gasteiger partial charge in [-0.25, -0.2) is 13.8 Å². The van der Waals surface area contributed by atoms with Crippen LogP contribution < -0.4 is 4.90 Å². The Morgan fingerprint density at radius 2 is 1.84 bits per heavy atom. The third-order valence-electron chi connectivity index (χ3n) is 6.96. The van der Waals surface area contributed by atoms with Crippen LogP contribution in [0.25, 0.3) is 5.65 Å². The molecule has 0 bridgehead atoms. The number of halogens is 3. The number of benzene rings is 1. The number of ether oxygens (including phenoxy) is 1. The van der Waals surface area contributed by atoms with Gasteiger partial charge in [0.1, 0.15) is 23.7 Å². The maximum atomic E-state index is 13.8. The van der Waals surface area contributed by atoms with Crippen molar-refractivity contribution in [1.82, 2.24) is 14.3 Å². The molecular weight excluding hydrogens is 438 g/mol. The zero-order chi connectivity index (χ0) is 22.0. The fourth-order valence-electron chi connectivity index (χ4n) is 5.46. The highest BCUT2D eigenvalue weighted by atomic mass is 35.5. The number of pyridine rings is 1. The second kappa shape index (κ2) is 7.15. The van der Waals surface area contributed by atoms with Gasteiger partial charge in [-0.1, -0.05) is 11.6 Å². The van der Waals surface area contributed by atoms with E-state index in [-0.39, 0.29) is 18.2 Å². The minimum absolute atomic E-state index is 0.0711. The Bertz CT molecular complexity index is 1200. The third-order valence-corrected chi connectivity index (χ3v) is 7.26. The van der Waals surface area contributed by atoms with E-state index in [4.69, 9.17) is 16.3 Å². The number of imidazole rings is 1. The fraction of sp³-hybridized carbons (Fsp3) is 0.391. The highest BCUT2D eigenvalue weighted by Gasteiger charge is 2.58. The van der Waals surface area contributed by atoms with Crippen molar-refractivity contribution in [1.29, 1.82) is 0 Å². The molecule has 3 aliphatic rings. The lowest BCUT2D eigenvalue weighted by atomic mass is 9.89. The molecule has 2 atom stereocenters. The number of piperidine rings is 1. The second-order valence-corrected chi connectivity index (χ2v) is 9.13. The SMILES string of the molecule is O=C1N2[C@@H](CC[C@H]2c2cc(F)cc(F)c2)OC12CCN(c1ccc(Cl)c3nccn13)CC2. The van der Waals surface area contributed by atoms with Gasteiger partial charge in [0.25, 0.3) is 5.91 Å². The van der Waals surface area contributed by atoms with Crippen LogP contribution in [-0.2, 0) is 9.53 Å². The van der Waals surface area contributed by atoms with Crippen molar-refractivity contribution in [3.8, 4) is 0 Å². The quantitative estimate of drug-likeness (QED) is 0.573. The molecular formula is C23H21ClF2N4O2. The third kappa shape index (κ3) is 2.93. The first-order chi connectivity index (χ1) is 15.4. The molecule has 1 amide bonds. The number of carbonyl (C=O) groups is 1. The Balaban J connectivity index is 1.24. The van der Waals surface area contributed by atoms with Crippen molar-refractivity contribution < 1.29 is 18.3 Å². The Labute approximate surface area is 188 Å². The van der Waals surface area contributed by atoms with Crippen molar-refractivity contribution in [3.63, 3.8) is 0 Å². The molecule has 3 aliphatic heterocycles. The monoisotopic (exact) mass is 458 g/mol. The highest BCUT2D eigenvalue weighted by Crippen LogP contribution is 2.48. The Morgan fingerprint density at radius 1 is 1.09 bits per heavy atom. The summed E-state index contributed by atoms with van der Waals surface area (Å²) in [5.41, 5.74) is 0.301. The summed E-state index contributed by atoms with van der Waals surface area (Å²) in [6, 6.07) is 6.90. The molecule has 0 N–H and O–H groups in total. The van der Waals surface area contributed by atoms with Crippen LogP contribution in [0.5, 0.6) is 0 Å². The minimum atomic E-state index is -0.883. The van der Waals surface area contributed by atoms with Crippen LogP contribution >= 0.6 is 11.6 Å². The minimum Gasteiger partial charge on any atom is -0.357 e. The van der Waals surface area contributed by atoms with E-state index in [0.29, 0.717) is 55.0 Å². The van der Waals surface area contributed by atoms with Crippen LogP contribution in [0.15, 0.2) is 42.7 Å². The predicted octanol–water partition coefficient (Wildman–Crippen LogP) is 4.32. The first-order valence-electron chi connectivity index (χ1n) is 10.8. The number of carbonyl (C=O) groups excluding carboxylic acids is 1. The summed E-state index contributed by atoms with van der Waals surface area (Å²) in [5, 5.41) is 0.585. The Hall–Kier alpha value is -2.71. The smallest absolute Gasteiger partial charge is 0.257 e. The van der Waals surface area contributed by atoms with Crippen LogP contribution in [0.2, 0.25) is 5.02 Å². The molecule has 32 heavy (non-hydrogen) atoms. The first kappa shape index (κ1) is 19.9. The van der Waals surface area contributed by atoms with E-state index in [1.165, 1.54) is 12.1 Å². The first-order valence-corrected chi connectivity index (χ1v) is 11.2. The average molecular weight is 459 g/mol. The van der Waals surface area contributed by atoms with Gasteiger partial charge in [0.05, 0.1) is 11.1 Å². The molecule has 0 unspecified atom stereocenters. The van der Waals surface area contributed by atoms with Gasteiger partial charge in [0, 0.05) is 44.4 Å². The molecule has 1 spiro atoms. The van der Waals surface area contributed by atoms with E-state index in [9.17, 15) is 13.6 Å². The van der Waals surface area contributed by atoms with E-state index in [0.717, 1.165) is 11.9 Å². The van der Waals surface area contributed by atoms with Crippen molar-refractivity contribution in [2.75, 3.05) is 18.0 Å². The highest BCUT2D eigenvalue weighted by molar-refractivity contribution is 6.33. The summed E-state index contributed by atoms with van der Waals surface area (Å²) < 4.78 is 35.9. The molecule has 2 aromatic heterocycles. The summed E-state index contributed by atoms with van der Waals surface area (Å²) in [7, 11) is 0. The van der Waals surface area contributed by atoms with Gasteiger partial charge in [0.2, 0.25) is 0 Å². The molecule has 166 valence electrons. The molecule has 9 heteroatoms. The summed E-state index contributed by atoms with van der Waals surface area (Å²) in [5.74, 6) is -0.366. The maximum absolute atomic E-state index is 13.8. The van der Waals surface area contributed by atoms with Crippen molar-refractivity contribution in [3.05, 3.63) is 64.9 Å². The van der Waals surface area contributed by atoms with Gasteiger partial charge in [-0.3, -0.25) is 9.20 Å². The number of hydrogen-bond acceptors (Lipinski definition) is 4. The summed E-state index contributed by atoms with van der Waals surface area (Å²) >= 11 is 6.25. The van der Waals surface area contributed by atoms with E-state index < -0.39 is 17.2 Å². The molecule has 3 aromatic rings. The number of hydrogen-bond donors (Lipinski definition) is 0. The van der Waals surface area contributed by atoms with Crippen LogP contribution in [0.3, 0.4) is 0 Å². The van der Waals surface area contributed by atoms with E-state index >= 15 is 0 Å². The van der Waals surface area contributed by atoms with Gasteiger partial charge in [0.15, 0.2) is 11.2 Å². The standard InChI is InChI=1S/C23H21ClF2N4O2/c24-17-1-3-19(29-10-7-27-21(17)29)28-8-5-23(6-9-28)22(31)30-18(2-4-20(30)32-23)14-11-15(25)13-16(26)12-14/h1,3,7,10-13,18,20H,2,4-6,8-9H2/t18-,20+/m0/s1. The maximum Gasteiger partial charge on any atom is 0.257 e. The predicted molar refractivity (Wildman–Crippen MR) is 114 cm³/mol. The van der Waals surface area contributed by atoms with Gasteiger partial charge in [-0.15, -0.1) is 0 Å². The Kier molecular flexibility index (Phi) is 4.45. The normalized spacial score (nSPS) is 24.7. The van der Waals surface area contributed by atoms with E-state index in [1.807, 2.05) is 22.7 Å². The molecule has 1 aromatic carbocycles. The van der Waals surface area contributed by atoms with Crippen LogP contribution in [-0.4, -0.2) is 45.1 Å². The fourth-order valence-corrected chi connectivity index (χ4v) is 5.67. The second-order valence-electron chi connectivity index (χ2n) is 8.72. The average Bonchev–Trinajstić information content (AvgIpc) is 3.46. The summed E-state index contributed by atoms with van der Waals surface area (Å²) in [6.07, 6.45) is 5.61. The Morgan fingerprint density at radius 3 is 2.59 bits per heavy atom. The lowest BCUT2D eigenvalue weighted by Crippen LogP contribution is -2.50. The van der Waals surface area contributed by atoms with Gasteiger partial charge < -0.3 is 14.5 Å². The molecule has 0 aliphatic carbocycles. The van der Waals surface area contributed by atoms with E-state index in [2.05, 4.69) is 9.88 Å². The molecule has 5 heterocycles. The molecule has 6 nitrogen and oxygen atoms in total. The number of fused-ring (bicyclic) bond motifs is 2. The molecule has 6 rings (SSSR count). The van der Waals surface area contributed by atoms with Crippen molar-refractivity contribution >= 4 is 29.0 Å². The van der Waals surface area contributed by atoms with Gasteiger partial charge in [-0.2, -0.15) is 0 Å². The topological polar surface area (TPSA) is 50.1 Å². The number of aromatic nitrogens is 2. The number of rotatable bonds is 2. The molecule has 0 saturated carbocycles. The number of nitrogens with zero attached hydrogens (tertiary/aromatic N) is 4. The van der Waals surface area contributed by atoms with E-state index in [1.54, 1.807) is 11.1 Å². The molecule has 3 saturated heterocycles. The lowest BCUT2D eigenvalue weighted by molar-refractivity contribution is -0.140. The van der Waals surface area contributed by atoms with Crippen LogP contribution in [0.4, 0.5) is 14.6 Å². The van der Waals surface area contributed by atoms with Crippen LogP contribution in [0, 0.1) is 11.6 Å². The zero-order valence-electron chi connectivity index (χ0n) is 17.2. The summed E-state index contributed by atoms with van der Waals surface area (Å²) in [4.78, 5) is 21.8. The molecule has 0 radical (unpaired) electrons. The summed E-state index contributed by atoms with van der Waals surface area (Å²) in [6.45, 7) is 1.28. The van der Waals surface area contributed by atoms with Gasteiger partial charge >= 0.3 is 0 Å². The van der Waals surface area contributed by atoms with Gasteiger partial charge in [-0.05, 0) is 42.7 Å². The number of anilines is 1. The van der Waals surface area contributed by atoms with Crippen molar-refractivity contribution in [2.24, 2.45) is 0 Å². The zero-order valence-corrected chi connectivity index (χ0v) is 17.9. The molecule has 3 fully saturated rings. The van der Waals surface area contributed by atoms with Crippen LogP contribution in [0.1, 0.15) is 37.3 Å².